The maximum atomic E-state index is 12.9. The van der Waals surface area contributed by atoms with Crippen molar-refractivity contribution in [1.82, 2.24) is 4.90 Å². The number of rotatable bonds is 2. The lowest BCUT2D eigenvalue weighted by atomic mass is 9.90. The normalized spacial score (nSPS) is 21.7. The molecular weight excluding hydrogens is 318 g/mol. The van der Waals surface area contributed by atoms with Gasteiger partial charge in [0.2, 0.25) is 0 Å². The molecule has 2 heterocycles. The number of benzene rings is 2. The van der Waals surface area contributed by atoms with Crippen LogP contribution in [0, 0.1) is 0 Å². The van der Waals surface area contributed by atoms with Crippen molar-refractivity contribution in [3.63, 3.8) is 0 Å². The van der Waals surface area contributed by atoms with Gasteiger partial charge in [-0.3, -0.25) is 4.79 Å². The lowest BCUT2D eigenvalue weighted by Gasteiger charge is -2.35. The molecular formula is C20H21NO4. The Bertz CT molecular complexity index is 819. The van der Waals surface area contributed by atoms with Crippen molar-refractivity contribution in [2.24, 2.45) is 0 Å². The molecule has 2 aliphatic heterocycles. The summed E-state index contributed by atoms with van der Waals surface area (Å²) < 4.78 is 11.4. The molecule has 5 heteroatoms. The highest BCUT2D eigenvalue weighted by Gasteiger charge is 2.44. The van der Waals surface area contributed by atoms with Crippen molar-refractivity contribution in [2.75, 3.05) is 20.2 Å². The molecule has 0 aliphatic carbocycles. The highest BCUT2D eigenvalue weighted by molar-refractivity contribution is 5.97. The first-order chi connectivity index (χ1) is 12.1. The van der Waals surface area contributed by atoms with Crippen LogP contribution < -0.4 is 9.47 Å². The van der Waals surface area contributed by atoms with Gasteiger partial charge in [0.1, 0.15) is 11.4 Å². The number of ether oxygens (including phenoxy) is 2. The van der Waals surface area contributed by atoms with Crippen LogP contribution in [0.1, 0.15) is 28.8 Å². The second kappa shape index (κ2) is 5.99. The number of phenols is 1. The predicted molar refractivity (Wildman–Crippen MR) is 93.3 cm³/mol. The number of aryl methyl sites for hydroxylation is 1. The minimum absolute atomic E-state index is 0.106. The maximum absolute atomic E-state index is 12.9. The van der Waals surface area contributed by atoms with Gasteiger partial charge in [0.05, 0.1) is 19.2 Å². The number of fused-ring (bicyclic) bond motifs is 1. The van der Waals surface area contributed by atoms with Crippen LogP contribution in [0.5, 0.6) is 17.2 Å². The smallest absolute Gasteiger partial charge is 0.257 e. The molecule has 1 unspecified atom stereocenters. The molecule has 0 saturated carbocycles. The third-order valence-electron chi connectivity index (χ3n) is 5.20. The van der Waals surface area contributed by atoms with Crippen molar-refractivity contribution in [1.29, 1.82) is 0 Å². The summed E-state index contributed by atoms with van der Waals surface area (Å²) in [4.78, 5) is 14.6. The summed E-state index contributed by atoms with van der Waals surface area (Å²) in [5.41, 5.74) is 1.18. The second-order valence-electron chi connectivity index (χ2n) is 6.73. The summed E-state index contributed by atoms with van der Waals surface area (Å²) in [6.45, 7) is 1.16. The summed E-state index contributed by atoms with van der Waals surface area (Å²) in [7, 11) is 1.47. The van der Waals surface area contributed by atoms with Crippen LogP contribution in [-0.2, 0) is 6.42 Å². The number of carbonyl (C=O) groups excluding carboxylic acids is 1. The highest BCUT2D eigenvalue weighted by atomic mass is 16.5. The van der Waals surface area contributed by atoms with Crippen molar-refractivity contribution in [3.05, 3.63) is 53.6 Å². The number of amides is 1. The van der Waals surface area contributed by atoms with E-state index in [0.29, 0.717) is 18.8 Å². The molecule has 2 aromatic carbocycles. The zero-order chi connectivity index (χ0) is 17.4. The number of aromatic hydroxyl groups is 1. The van der Waals surface area contributed by atoms with Crippen LogP contribution in [0.15, 0.2) is 42.5 Å². The lowest BCUT2D eigenvalue weighted by molar-refractivity contribution is 0.0483. The maximum Gasteiger partial charge on any atom is 0.257 e. The SMILES string of the molecule is COc1cccc(C(=O)N2CCC3(CCc4ccccc4O3)C2)c1O. The first kappa shape index (κ1) is 15.8. The molecule has 2 aliphatic rings. The Balaban J connectivity index is 1.54. The second-order valence-corrected chi connectivity index (χ2v) is 6.73. The molecule has 4 rings (SSSR count). The molecule has 1 N–H and O–H groups in total. The van der Waals surface area contributed by atoms with Gasteiger partial charge in [-0.05, 0) is 36.6 Å². The predicted octanol–water partition coefficient (Wildman–Crippen LogP) is 3.01. The Kier molecular flexibility index (Phi) is 3.79. The van der Waals surface area contributed by atoms with E-state index < -0.39 is 0 Å². The van der Waals surface area contributed by atoms with E-state index in [-0.39, 0.29) is 22.8 Å². The third kappa shape index (κ3) is 2.69. The zero-order valence-corrected chi connectivity index (χ0v) is 14.2. The average Bonchev–Trinajstić information content (AvgIpc) is 3.04. The van der Waals surface area contributed by atoms with Gasteiger partial charge in [0.25, 0.3) is 5.91 Å². The Labute approximate surface area is 146 Å². The first-order valence-electron chi connectivity index (χ1n) is 8.54. The van der Waals surface area contributed by atoms with E-state index in [0.717, 1.165) is 25.0 Å². The van der Waals surface area contributed by atoms with Crippen molar-refractivity contribution >= 4 is 5.91 Å². The molecule has 2 aromatic rings. The summed E-state index contributed by atoms with van der Waals surface area (Å²) in [5.74, 6) is 0.941. The van der Waals surface area contributed by atoms with E-state index in [9.17, 15) is 9.90 Å². The number of methoxy groups -OCH3 is 1. The molecule has 1 amide bonds. The number of phenolic OH excluding ortho intramolecular Hbond substituents is 1. The van der Waals surface area contributed by atoms with Crippen LogP contribution in [0.4, 0.5) is 0 Å². The van der Waals surface area contributed by atoms with Gasteiger partial charge in [-0.2, -0.15) is 0 Å². The van der Waals surface area contributed by atoms with Gasteiger partial charge < -0.3 is 19.5 Å². The van der Waals surface area contributed by atoms with Gasteiger partial charge in [0, 0.05) is 13.0 Å². The number of carbonyl (C=O) groups is 1. The van der Waals surface area contributed by atoms with Gasteiger partial charge >= 0.3 is 0 Å². The van der Waals surface area contributed by atoms with Crippen LogP contribution >= 0.6 is 0 Å². The van der Waals surface area contributed by atoms with Crippen molar-refractivity contribution < 1.29 is 19.4 Å². The van der Waals surface area contributed by atoms with E-state index in [2.05, 4.69) is 6.07 Å². The largest absolute Gasteiger partial charge is 0.504 e. The van der Waals surface area contributed by atoms with Crippen LogP contribution in [0.2, 0.25) is 0 Å². The topological polar surface area (TPSA) is 59.0 Å². The molecule has 130 valence electrons. The molecule has 25 heavy (non-hydrogen) atoms. The Morgan fingerprint density at radius 2 is 2.04 bits per heavy atom. The molecule has 1 atom stereocenters. The molecule has 0 radical (unpaired) electrons. The van der Waals surface area contributed by atoms with Crippen LogP contribution in [0.3, 0.4) is 0 Å². The Hall–Kier alpha value is -2.69. The number of hydrogen-bond acceptors (Lipinski definition) is 4. The monoisotopic (exact) mass is 339 g/mol. The van der Waals surface area contributed by atoms with Gasteiger partial charge in [0.15, 0.2) is 11.5 Å². The number of nitrogens with zero attached hydrogens (tertiary/aromatic N) is 1. The Morgan fingerprint density at radius 3 is 2.88 bits per heavy atom. The van der Waals surface area contributed by atoms with E-state index in [1.54, 1.807) is 23.1 Å². The van der Waals surface area contributed by atoms with E-state index in [1.165, 1.54) is 12.7 Å². The van der Waals surface area contributed by atoms with Gasteiger partial charge in [-0.25, -0.2) is 0 Å². The lowest BCUT2D eigenvalue weighted by Crippen LogP contribution is -2.43. The summed E-state index contributed by atoms with van der Waals surface area (Å²) in [6, 6.07) is 13.1. The minimum atomic E-state index is -0.321. The minimum Gasteiger partial charge on any atom is -0.504 e. The molecule has 0 aromatic heterocycles. The average molecular weight is 339 g/mol. The fourth-order valence-electron chi connectivity index (χ4n) is 3.79. The van der Waals surface area contributed by atoms with Crippen molar-refractivity contribution in [3.8, 4) is 17.2 Å². The van der Waals surface area contributed by atoms with Gasteiger partial charge in [-0.1, -0.05) is 24.3 Å². The summed E-state index contributed by atoms with van der Waals surface area (Å²) >= 11 is 0. The number of para-hydroxylation sites is 2. The first-order valence-corrected chi connectivity index (χ1v) is 8.54. The summed E-state index contributed by atoms with van der Waals surface area (Å²) in [6.07, 6.45) is 2.66. The van der Waals surface area contributed by atoms with Crippen LogP contribution in [0.25, 0.3) is 0 Å². The molecule has 1 spiro atoms. The van der Waals surface area contributed by atoms with Crippen molar-refractivity contribution in [2.45, 2.75) is 24.9 Å². The number of likely N-dealkylation sites (tertiary alicyclic amines) is 1. The van der Waals surface area contributed by atoms with E-state index in [4.69, 9.17) is 9.47 Å². The number of hydrogen-bond donors (Lipinski definition) is 1. The standard InChI is InChI=1S/C20H21NO4/c1-24-17-8-4-6-15(18(17)22)19(23)21-12-11-20(13-21)10-9-14-5-2-3-7-16(14)25-20/h2-8,22H,9-13H2,1H3. The quantitative estimate of drug-likeness (QED) is 0.914. The zero-order valence-electron chi connectivity index (χ0n) is 14.2. The van der Waals surface area contributed by atoms with Crippen LogP contribution in [-0.4, -0.2) is 41.7 Å². The fraction of sp³-hybridized carbons (Fsp3) is 0.350. The third-order valence-corrected chi connectivity index (χ3v) is 5.20. The molecule has 1 saturated heterocycles. The van der Waals surface area contributed by atoms with Gasteiger partial charge in [-0.15, -0.1) is 0 Å². The van der Waals surface area contributed by atoms with E-state index >= 15 is 0 Å². The molecule has 5 nitrogen and oxygen atoms in total. The molecule has 0 bridgehead atoms. The fourth-order valence-corrected chi connectivity index (χ4v) is 3.79. The summed E-state index contributed by atoms with van der Waals surface area (Å²) in [5, 5.41) is 10.2. The highest BCUT2D eigenvalue weighted by Crippen LogP contribution is 2.39. The molecule has 1 fully saturated rings. The Morgan fingerprint density at radius 1 is 1.20 bits per heavy atom. The van der Waals surface area contributed by atoms with E-state index in [1.807, 2.05) is 18.2 Å².